The van der Waals surface area contributed by atoms with Gasteiger partial charge in [0.25, 0.3) is 0 Å². The number of H-pyrrole nitrogens is 1. The van der Waals surface area contributed by atoms with E-state index in [0.717, 1.165) is 10.6 Å². The van der Waals surface area contributed by atoms with Crippen LogP contribution in [0, 0.1) is 13.8 Å². The molecule has 0 aliphatic heterocycles. The summed E-state index contributed by atoms with van der Waals surface area (Å²) in [4.78, 5) is 46.4. The van der Waals surface area contributed by atoms with Gasteiger partial charge in [-0.3, -0.25) is 19.1 Å². The number of hydrogen-bond acceptors (Lipinski definition) is 6. The second-order valence-corrected chi connectivity index (χ2v) is 9.19. The van der Waals surface area contributed by atoms with Gasteiger partial charge in [0.1, 0.15) is 12.2 Å². The molecule has 5 rings (SSSR count). The highest BCUT2D eigenvalue weighted by Crippen LogP contribution is 2.40. The molecule has 0 atom stereocenters. The lowest BCUT2D eigenvalue weighted by Gasteiger charge is -2.22. The van der Waals surface area contributed by atoms with Gasteiger partial charge in [0, 0.05) is 30.6 Å². The number of aromatic nitrogens is 4. The average molecular weight is 553 g/mol. The van der Waals surface area contributed by atoms with Crippen LogP contribution in [0.15, 0.2) is 51.9 Å². The van der Waals surface area contributed by atoms with E-state index >= 15 is 0 Å². The Morgan fingerprint density at radius 2 is 1.90 bits per heavy atom. The molecule has 5 aromatic rings. The fourth-order valence-electron chi connectivity index (χ4n) is 4.78. The van der Waals surface area contributed by atoms with Crippen LogP contribution < -0.4 is 15.9 Å². The number of aromatic amines is 1. The third-order valence-corrected chi connectivity index (χ3v) is 6.70. The minimum absolute atomic E-state index is 0.144. The molecule has 13 heteroatoms. The summed E-state index contributed by atoms with van der Waals surface area (Å²) in [6.07, 6.45) is -3.80. The highest BCUT2D eigenvalue weighted by atomic mass is 19.4. The highest BCUT2D eigenvalue weighted by molar-refractivity contribution is 6.11. The van der Waals surface area contributed by atoms with Crippen molar-refractivity contribution in [3.8, 4) is 16.8 Å². The monoisotopic (exact) mass is 552 g/mol. The summed E-state index contributed by atoms with van der Waals surface area (Å²) in [7, 11) is 2.89. The first-order chi connectivity index (χ1) is 18.9. The summed E-state index contributed by atoms with van der Waals surface area (Å²) in [6.45, 7) is 3.42. The van der Waals surface area contributed by atoms with Crippen LogP contribution in [0.3, 0.4) is 0 Å². The zero-order valence-electron chi connectivity index (χ0n) is 21.8. The lowest BCUT2D eigenvalue weighted by molar-refractivity contribution is -0.137. The number of benzene rings is 2. The molecule has 40 heavy (non-hydrogen) atoms. The summed E-state index contributed by atoms with van der Waals surface area (Å²) >= 11 is 0. The van der Waals surface area contributed by atoms with Crippen LogP contribution in [-0.4, -0.2) is 45.6 Å². The number of anilines is 1. The van der Waals surface area contributed by atoms with Gasteiger partial charge in [0.15, 0.2) is 0 Å². The second kappa shape index (κ2) is 9.67. The SMILES string of the molecule is CNC(=O)CC(=O)N(C)c1cc2c(cc1-c1c(C)noc1C)ncc1[nH]c(=O)n(-c3ccccc3C(F)(F)F)c12. The van der Waals surface area contributed by atoms with Crippen LogP contribution in [0.2, 0.25) is 0 Å². The standard InChI is InChI=1S/C27H23F3N6O4/c1-13-24(14(2)40-34-13)16-9-18-15(10-21(16)35(4)23(38)11-22(37)31-3)25-19(12-32-18)33-26(39)36(25)20-8-6-5-7-17(20)27(28,29)30/h5-10,12H,11H2,1-4H3,(H,31,37)(H,33,39). The van der Waals surface area contributed by atoms with Crippen molar-refractivity contribution in [1.29, 1.82) is 0 Å². The van der Waals surface area contributed by atoms with E-state index in [2.05, 4.69) is 20.4 Å². The maximum absolute atomic E-state index is 13.9. The fraction of sp³-hybridized carbons (Fsp3) is 0.222. The molecule has 2 amide bonds. The molecular formula is C27H23F3N6O4. The lowest BCUT2D eigenvalue weighted by Crippen LogP contribution is -2.32. The quantitative estimate of drug-likeness (QED) is 0.314. The van der Waals surface area contributed by atoms with Gasteiger partial charge >= 0.3 is 11.9 Å². The van der Waals surface area contributed by atoms with Crippen LogP contribution in [-0.2, 0) is 15.8 Å². The minimum atomic E-state index is -4.73. The van der Waals surface area contributed by atoms with Gasteiger partial charge in [-0.2, -0.15) is 13.2 Å². The first kappa shape index (κ1) is 26.7. The maximum atomic E-state index is 13.9. The molecule has 0 saturated carbocycles. The smallest absolute Gasteiger partial charge is 0.361 e. The minimum Gasteiger partial charge on any atom is -0.361 e. The van der Waals surface area contributed by atoms with Gasteiger partial charge in [-0.25, -0.2) is 4.79 Å². The highest BCUT2D eigenvalue weighted by Gasteiger charge is 2.35. The Morgan fingerprint density at radius 3 is 2.55 bits per heavy atom. The van der Waals surface area contributed by atoms with E-state index in [1.807, 2.05) is 0 Å². The molecule has 206 valence electrons. The van der Waals surface area contributed by atoms with E-state index in [4.69, 9.17) is 4.52 Å². The number of pyridine rings is 1. The number of amides is 2. The second-order valence-electron chi connectivity index (χ2n) is 9.19. The summed E-state index contributed by atoms with van der Waals surface area (Å²) in [6, 6.07) is 7.97. The van der Waals surface area contributed by atoms with Crippen molar-refractivity contribution in [2.45, 2.75) is 26.4 Å². The maximum Gasteiger partial charge on any atom is 0.418 e. The van der Waals surface area contributed by atoms with E-state index in [9.17, 15) is 27.6 Å². The van der Waals surface area contributed by atoms with Crippen molar-refractivity contribution >= 4 is 39.4 Å². The van der Waals surface area contributed by atoms with Gasteiger partial charge in [-0.05, 0) is 38.1 Å². The molecule has 2 N–H and O–H groups in total. The number of hydrogen-bond donors (Lipinski definition) is 2. The Morgan fingerprint density at radius 1 is 1.18 bits per heavy atom. The number of halogens is 3. The molecule has 3 heterocycles. The first-order valence-electron chi connectivity index (χ1n) is 12.1. The molecule has 0 aliphatic rings. The summed E-state index contributed by atoms with van der Waals surface area (Å²) in [5, 5.41) is 6.71. The summed E-state index contributed by atoms with van der Waals surface area (Å²) in [5.74, 6) is -0.575. The molecule has 0 radical (unpaired) electrons. The van der Waals surface area contributed by atoms with Crippen LogP contribution in [0.5, 0.6) is 0 Å². The Balaban J connectivity index is 1.86. The normalized spacial score (nSPS) is 11.8. The molecule has 0 unspecified atom stereocenters. The molecule has 0 saturated heterocycles. The predicted molar refractivity (Wildman–Crippen MR) is 141 cm³/mol. The lowest BCUT2D eigenvalue weighted by atomic mass is 9.98. The van der Waals surface area contributed by atoms with E-state index in [1.54, 1.807) is 26.0 Å². The van der Waals surface area contributed by atoms with E-state index in [-0.39, 0.29) is 16.7 Å². The number of rotatable bonds is 5. The number of fused-ring (bicyclic) bond motifs is 3. The van der Waals surface area contributed by atoms with Gasteiger partial charge in [0.05, 0.1) is 45.4 Å². The zero-order valence-corrected chi connectivity index (χ0v) is 21.8. The molecule has 0 bridgehead atoms. The van der Waals surface area contributed by atoms with Crippen LogP contribution >= 0.6 is 0 Å². The first-order valence-corrected chi connectivity index (χ1v) is 12.1. The number of carbonyl (C=O) groups is 2. The number of nitrogens with zero attached hydrogens (tertiary/aromatic N) is 4. The summed E-state index contributed by atoms with van der Waals surface area (Å²) < 4.78 is 48.1. The Bertz CT molecular complexity index is 1850. The molecule has 0 fully saturated rings. The van der Waals surface area contributed by atoms with Crippen molar-refractivity contribution in [3.05, 3.63) is 70.1 Å². The van der Waals surface area contributed by atoms with Gasteiger partial charge < -0.3 is 19.7 Å². The van der Waals surface area contributed by atoms with Crippen LogP contribution in [0.1, 0.15) is 23.4 Å². The third kappa shape index (κ3) is 4.38. The van der Waals surface area contributed by atoms with Gasteiger partial charge in [-0.1, -0.05) is 17.3 Å². The Kier molecular flexibility index (Phi) is 6.44. The molecule has 10 nitrogen and oxygen atoms in total. The third-order valence-electron chi connectivity index (χ3n) is 6.70. The predicted octanol–water partition coefficient (Wildman–Crippen LogP) is 4.26. The molecular weight excluding hydrogens is 529 g/mol. The number of para-hydroxylation sites is 1. The largest absolute Gasteiger partial charge is 0.418 e. The van der Waals surface area contributed by atoms with E-state index in [0.29, 0.717) is 39.2 Å². The zero-order chi connectivity index (χ0) is 28.9. The Hall–Kier alpha value is -4.94. The van der Waals surface area contributed by atoms with Crippen molar-refractivity contribution < 1.29 is 27.3 Å². The van der Waals surface area contributed by atoms with Gasteiger partial charge in [0.2, 0.25) is 11.8 Å². The van der Waals surface area contributed by atoms with Crippen LogP contribution in [0.4, 0.5) is 18.9 Å². The number of aryl methyl sites for hydroxylation is 2. The number of nitrogens with one attached hydrogen (secondary N) is 2. The molecule has 0 aliphatic carbocycles. The molecule has 2 aromatic carbocycles. The molecule has 0 spiro atoms. The van der Waals surface area contributed by atoms with E-state index in [1.165, 1.54) is 43.4 Å². The van der Waals surface area contributed by atoms with Gasteiger partial charge in [-0.15, -0.1) is 0 Å². The Labute approximate surface area is 224 Å². The van der Waals surface area contributed by atoms with Crippen molar-refractivity contribution in [2.24, 2.45) is 0 Å². The summed E-state index contributed by atoms with van der Waals surface area (Å²) in [5.41, 5.74) is 0.481. The topological polar surface area (TPSA) is 126 Å². The van der Waals surface area contributed by atoms with Crippen molar-refractivity contribution in [2.75, 3.05) is 19.0 Å². The average Bonchev–Trinajstić information content (AvgIpc) is 3.43. The fourth-order valence-corrected chi connectivity index (χ4v) is 4.78. The van der Waals surface area contributed by atoms with Crippen molar-refractivity contribution in [3.63, 3.8) is 0 Å². The van der Waals surface area contributed by atoms with Crippen molar-refractivity contribution in [1.82, 2.24) is 25.0 Å². The van der Waals surface area contributed by atoms with E-state index < -0.39 is 35.7 Å². The van der Waals surface area contributed by atoms with Crippen LogP contribution in [0.25, 0.3) is 38.8 Å². The molecule has 3 aromatic heterocycles. The number of carbonyl (C=O) groups excluding carboxylic acids is 2. The number of alkyl halides is 3. The number of imidazole rings is 1.